The summed E-state index contributed by atoms with van der Waals surface area (Å²) >= 11 is 0. The largest absolute Gasteiger partial charge is 0.392 e. The fourth-order valence-electron chi connectivity index (χ4n) is 1.97. The molecule has 4 atom stereocenters. The highest BCUT2D eigenvalue weighted by molar-refractivity contribution is 5.13. The normalized spacial score (nSPS) is 17.5. The van der Waals surface area contributed by atoms with Crippen LogP contribution in [-0.4, -0.2) is 29.0 Å². The molecule has 106 valence electrons. The molecule has 1 aromatic rings. The smallest absolute Gasteiger partial charge is 0.0768 e. The Morgan fingerprint density at radius 3 is 2.42 bits per heavy atom. The van der Waals surface area contributed by atoms with E-state index in [2.05, 4.69) is 6.58 Å². The van der Waals surface area contributed by atoms with Gasteiger partial charge in [0, 0.05) is 11.8 Å². The van der Waals surface area contributed by atoms with Crippen LogP contribution in [0.1, 0.15) is 19.4 Å². The van der Waals surface area contributed by atoms with Crippen molar-refractivity contribution in [3.8, 4) is 0 Å². The van der Waals surface area contributed by atoms with E-state index in [1.165, 1.54) is 6.08 Å². The molecule has 0 amide bonds. The third-order valence-electron chi connectivity index (χ3n) is 3.39. The first-order chi connectivity index (χ1) is 9.06. The van der Waals surface area contributed by atoms with Crippen molar-refractivity contribution in [2.24, 2.45) is 11.8 Å². The van der Waals surface area contributed by atoms with Crippen LogP contribution in [0.4, 0.5) is 0 Å². The van der Waals surface area contributed by atoms with Gasteiger partial charge in [-0.2, -0.15) is 0 Å². The quantitative estimate of drug-likeness (QED) is 0.709. The van der Waals surface area contributed by atoms with Gasteiger partial charge in [0.05, 0.1) is 25.4 Å². The Bertz CT molecular complexity index is 364. The van der Waals surface area contributed by atoms with E-state index in [9.17, 15) is 10.2 Å². The maximum Gasteiger partial charge on any atom is 0.0768 e. The fourth-order valence-corrected chi connectivity index (χ4v) is 1.97. The van der Waals surface area contributed by atoms with E-state index in [-0.39, 0.29) is 11.8 Å². The van der Waals surface area contributed by atoms with Gasteiger partial charge >= 0.3 is 0 Å². The molecule has 1 rings (SSSR count). The first-order valence-electron chi connectivity index (χ1n) is 6.66. The zero-order chi connectivity index (χ0) is 14.3. The van der Waals surface area contributed by atoms with Gasteiger partial charge < -0.3 is 14.9 Å². The average molecular weight is 264 g/mol. The minimum Gasteiger partial charge on any atom is -0.392 e. The van der Waals surface area contributed by atoms with Crippen LogP contribution < -0.4 is 0 Å². The fraction of sp³-hybridized carbons (Fsp3) is 0.500. The number of hydrogen-bond acceptors (Lipinski definition) is 3. The summed E-state index contributed by atoms with van der Waals surface area (Å²) in [6.45, 7) is 8.26. The van der Waals surface area contributed by atoms with Crippen molar-refractivity contribution >= 4 is 0 Å². The Hall–Kier alpha value is -1.16. The standard InChI is InChI=1S/C16H24O3/c1-4-15(17)13(3)16(18)12(2)10-19-11-14-8-6-5-7-9-14/h4-9,12-13,15-18H,1,10-11H2,2-3H3/t12-,13+,15+,16-/m1/s1. The number of rotatable bonds is 8. The van der Waals surface area contributed by atoms with Crippen molar-refractivity contribution in [1.82, 2.24) is 0 Å². The Balaban J connectivity index is 2.34. The summed E-state index contributed by atoms with van der Waals surface area (Å²) in [5.74, 6) is -0.277. The highest BCUT2D eigenvalue weighted by atomic mass is 16.5. The summed E-state index contributed by atoms with van der Waals surface area (Å²) in [5.41, 5.74) is 1.11. The lowest BCUT2D eigenvalue weighted by molar-refractivity contribution is -0.0229. The maximum absolute atomic E-state index is 10.1. The summed E-state index contributed by atoms with van der Waals surface area (Å²) in [7, 11) is 0. The molecule has 0 bridgehead atoms. The van der Waals surface area contributed by atoms with Gasteiger partial charge in [-0.25, -0.2) is 0 Å². The molecule has 2 N–H and O–H groups in total. The third kappa shape index (κ3) is 5.15. The molecule has 0 heterocycles. The molecule has 1 aromatic carbocycles. The van der Waals surface area contributed by atoms with E-state index in [4.69, 9.17) is 4.74 Å². The molecule has 0 radical (unpaired) electrons. The van der Waals surface area contributed by atoms with Crippen LogP contribution in [0.3, 0.4) is 0 Å². The molecule has 0 aliphatic heterocycles. The monoisotopic (exact) mass is 264 g/mol. The molecule has 0 fully saturated rings. The molecule has 0 aromatic heterocycles. The highest BCUT2D eigenvalue weighted by Crippen LogP contribution is 2.18. The van der Waals surface area contributed by atoms with E-state index < -0.39 is 12.2 Å². The van der Waals surface area contributed by atoms with Crippen LogP contribution >= 0.6 is 0 Å². The van der Waals surface area contributed by atoms with E-state index in [0.29, 0.717) is 13.2 Å². The predicted molar refractivity (Wildman–Crippen MR) is 76.6 cm³/mol. The van der Waals surface area contributed by atoms with Crippen LogP contribution in [0.5, 0.6) is 0 Å². The second-order valence-electron chi connectivity index (χ2n) is 5.05. The molecule has 3 heteroatoms. The zero-order valence-electron chi connectivity index (χ0n) is 11.7. The Labute approximate surface area is 115 Å². The van der Waals surface area contributed by atoms with Crippen LogP contribution in [-0.2, 0) is 11.3 Å². The van der Waals surface area contributed by atoms with Crippen molar-refractivity contribution in [2.45, 2.75) is 32.7 Å². The Kier molecular flexibility index (Phi) is 6.78. The van der Waals surface area contributed by atoms with Crippen LogP contribution in [0.15, 0.2) is 43.0 Å². The molecule has 0 aliphatic carbocycles. The van der Waals surface area contributed by atoms with Gasteiger partial charge in [-0.15, -0.1) is 6.58 Å². The second kappa shape index (κ2) is 8.10. The van der Waals surface area contributed by atoms with Gasteiger partial charge in [0.15, 0.2) is 0 Å². The Morgan fingerprint density at radius 1 is 1.21 bits per heavy atom. The summed E-state index contributed by atoms with van der Waals surface area (Å²) in [6, 6.07) is 9.92. The van der Waals surface area contributed by atoms with Gasteiger partial charge in [0.1, 0.15) is 0 Å². The minimum absolute atomic E-state index is 0.0340. The van der Waals surface area contributed by atoms with Crippen molar-refractivity contribution in [1.29, 1.82) is 0 Å². The second-order valence-corrected chi connectivity index (χ2v) is 5.05. The first kappa shape index (κ1) is 15.9. The first-order valence-corrected chi connectivity index (χ1v) is 6.66. The van der Waals surface area contributed by atoms with Gasteiger partial charge in [0.25, 0.3) is 0 Å². The van der Waals surface area contributed by atoms with Crippen molar-refractivity contribution in [3.05, 3.63) is 48.6 Å². The van der Waals surface area contributed by atoms with Crippen molar-refractivity contribution < 1.29 is 14.9 Å². The molecule has 19 heavy (non-hydrogen) atoms. The van der Waals surface area contributed by atoms with E-state index >= 15 is 0 Å². The van der Waals surface area contributed by atoms with Crippen LogP contribution in [0.2, 0.25) is 0 Å². The van der Waals surface area contributed by atoms with Gasteiger partial charge in [-0.1, -0.05) is 50.3 Å². The minimum atomic E-state index is -0.688. The molecular weight excluding hydrogens is 240 g/mol. The molecule has 0 saturated carbocycles. The van der Waals surface area contributed by atoms with Gasteiger partial charge in [-0.05, 0) is 5.56 Å². The van der Waals surface area contributed by atoms with E-state index in [0.717, 1.165) is 5.56 Å². The summed E-state index contributed by atoms with van der Waals surface area (Å²) in [5, 5.41) is 19.7. The van der Waals surface area contributed by atoms with Crippen LogP contribution in [0, 0.1) is 11.8 Å². The lowest BCUT2D eigenvalue weighted by atomic mass is 9.90. The SMILES string of the molecule is C=C[C@H](O)[C@H](C)[C@H](O)[C@H](C)COCc1ccccc1. The summed E-state index contributed by atoms with van der Waals surface area (Å²) in [6.07, 6.45) is 0.154. The third-order valence-corrected chi connectivity index (χ3v) is 3.39. The molecule has 0 unspecified atom stereocenters. The van der Waals surface area contributed by atoms with Crippen LogP contribution in [0.25, 0.3) is 0 Å². The number of aliphatic hydroxyl groups excluding tert-OH is 2. The highest BCUT2D eigenvalue weighted by Gasteiger charge is 2.25. The van der Waals surface area contributed by atoms with Gasteiger partial charge in [0.2, 0.25) is 0 Å². The zero-order valence-corrected chi connectivity index (χ0v) is 11.7. The van der Waals surface area contributed by atoms with Crippen molar-refractivity contribution in [2.75, 3.05) is 6.61 Å². The number of benzene rings is 1. The topological polar surface area (TPSA) is 49.7 Å². The molecule has 3 nitrogen and oxygen atoms in total. The molecular formula is C16H24O3. The number of aliphatic hydroxyl groups is 2. The molecule has 0 aliphatic rings. The average Bonchev–Trinajstić information content (AvgIpc) is 2.45. The molecule has 0 spiro atoms. The lowest BCUT2D eigenvalue weighted by Gasteiger charge is -2.27. The summed E-state index contributed by atoms with van der Waals surface area (Å²) in [4.78, 5) is 0. The molecule has 0 saturated heterocycles. The van der Waals surface area contributed by atoms with E-state index in [1.54, 1.807) is 0 Å². The Morgan fingerprint density at radius 2 is 1.84 bits per heavy atom. The maximum atomic E-state index is 10.1. The lowest BCUT2D eigenvalue weighted by Crippen LogP contribution is -2.35. The van der Waals surface area contributed by atoms with E-state index in [1.807, 2.05) is 44.2 Å². The van der Waals surface area contributed by atoms with Gasteiger partial charge in [-0.3, -0.25) is 0 Å². The van der Waals surface area contributed by atoms with Crippen molar-refractivity contribution in [3.63, 3.8) is 0 Å². The summed E-state index contributed by atoms with van der Waals surface area (Å²) < 4.78 is 5.60. The number of ether oxygens (including phenoxy) is 1. The predicted octanol–water partition coefficient (Wildman–Crippen LogP) is 2.38. The number of hydrogen-bond donors (Lipinski definition) is 2.